The summed E-state index contributed by atoms with van der Waals surface area (Å²) in [7, 11) is 0. The largest absolute Gasteiger partial charge is 0.357 e. The van der Waals surface area contributed by atoms with E-state index in [2.05, 4.69) is 31.1 Å². The molecule has 17 heavy (non-hydrogen) atoms. The van der Waals surface area contributed by atoms with Crippen LogP contribution in [0.25, 0.3) is 23.0 Å². The molecule has 84 valence electrons. The topological polar surface area (TPSA) is 54.7 Å². The van der Waals surface area contributed by atoms with Crippen molar-refractivity contribution in [1.29, 1.82) is 0 Å². The van der Waals surface area contributed by atoms with Crippen LogP contribution in [-0.4, -0.2) is 15.1 Å². The van der Waals surface area contributed by atoms with Crippen molar-refractivity contribution in [3.8, 4) is 23.0 Å². The second-order valence-corrected chi connectivity index (χ2v) is 4.43. The summed E-state index contributed by atoms with van der Waals surface area (Å²) in [6.45, 7) is 0. The lowest BCUT2D eigenvalue weighted by Crippen LogP contribution is -1.80. The normalized spacial score (nSPS) is 10.6. The van der Waals surface area contributed by atoms with E-state index in [0.29, 0.717) is 11.7 Å². The Morgan fingerprint density at radius 2 is 1.94 bits per heavy atom. The average molecular weight is 290 g/mol. The predicted octanol–water partition coefficient (Wildman–Crippen LogP) is 3.49. The molecule has 2 heterocycles. The Balaban J connectivity index is 1.98. The molecule has 0 atom stereocenters. The van der Waals surface area contributed by atoms with Gasteiger partial charge in [0.05, 0.1) is 0 Å². The molecule has 0 unspecified atom stereocenters. The lowest BCUT2D eigenvalue weighted by atomic mass is 10.2. The number of nitrogens with one attached hydrogen (secondary N) is 1. The van der Waals surface area contributed by atoms with Crippen LogP contribution in [0.5, 0.6) is 0 Å². The maximum Gasteiger partial charge on any atom is 0.274 e. The molecular weight excluding hydrogens is 282 g/mol. The third-order valence-electron chi connectivity index (χ3n) is 2.36. The summed E-state index contributed by atoms with van der Waals surface area (Å²) in [6.07, 6.45) is 1.82. The number of benzene rings is 1. The van der Waals surface area contributed by atoms with E-state index in [1.165, 1.54) is 0 Å². The van der Waals surface area contributed by atoms with Crippen molar-refractivity contribution in [2.24, 2.45) is 0 Å². The van der Waals surface area contributed by atoms with Gasteiger partial charge in [0.1, 0.15) is 5.69 Å². The average Bonchev–Trinajstić information content (AvgIpc) is 3.00. The van der Waals surface area contributed by atoms with E-state index in [1.807, 2.05) is 42.6 Å². The van der Waals surface area contributed by atoms with Crippen LogP contribution in [0.15, 0.2) is 51.6 Å². The van der Waals surface area contributed by atoms with Crippen molar-refractivity contribution in [3.05, 3.63) is 47.1 Å². The van der Waals surface area contributed by atoms with Gasteiger partial charge in [-0.2, -0.15) is 4.98 Å². The monoisotopic (exact) mass is 289 g/mol. The second kappa shape index (κ2) is 4.18. The van der Waals surface area contributed by atoms with Crippen LogP contribution in [0.2, 0.25) is 0 Å². The van der Waals surface area contributed by atoms with Crippen molar-refractivity contribution in [3.63, 3.8) is 0 Å². The lowest BCUT2D eigenvalue weighted by Gasteiger charge is -1.93. The Labute approximate surface area is 106 Å². The van der Waals surface area contributed by atoms with Crippen molar-refractivity contribution in [2.75, 3.05) is 0 Å². The molecular formula is C12H8BrN3O. The van der Waals surface area contributed by atoms with Crippen molar-refractivity contribution in [2.45, 2.75) is 0 Å². The van der Waals surface area contributed by atoms with Crippen molar-refractivity contribution < 1.29 is 4.52 Å². The van der Waals surface area contributed by atoms with Crippen LogP contribution in [0.4, 0.5) is 0 Å². The Hall–Kier alpha value is -1.88. The van der Waals surface area contributed by atoms with E-state index >= 15 is 0 Å². The number of hydrogen-bond donors (Lipinski definition) is 1. The predicted molar refractivity (Wildman–Crippen MR) is 67.2 cm³/mol. The zero-order valence-electron chi connectivity index (χ0n) is 8.72. The van der Waals surface area contributed by atoms with Gasteiger partial charge in [0, 0.05) is 16.2 Å². The van der Waals surface area contributed by atoms with Crippen LogP contribution < -0.4 is 0 Å². The molecule has 0 fully saturated rings. The third kappa shape index (κ3) is 2.01. The maximum absolute atomic E-state index is 5.19. The van der Waals surface area contributed by atoms with Gasteiger partial charge in [0.2, 0.25) is 5.82 Å². The van der Waals surface area contributed by atoms with E-state index in [4.69, 9.17) is 4.52 Å². The van der Waals surface area contributed by atoms with Gasteiger partial charge >= 0.3 is 0 Å². The highest BCUT2D eigenvalue weighted by Gasteiger charge is 2.10. The van der Waals surface area contributed by atoms with Gasteiger partial charge < -0.3 is 9.51 Å². The molecule has 0 radical (unpaired) electrons. The van der Waals surface area contributed by atoms with Crippen LogP contribution in [0.3, 0.4) is 0 Å². The molecule has 0 bridgehead atoms. The summed E-state index contributed by atoms with van der Waals surface area (Å²) in [5.74, 6) is 1.08. The summed E-state index contributed by atoms with van der Waals surface area (Å²) >= 11 is 3.39. The minimum absolute atomic E-state index is 0.493. The first kappa shape index (κ1) is 10.3. The zero-order valence-corrected chi connectivity index (χ0v) is 10.3. The molecule has 3 rings (SSSR count). The Morgan fingerprint density at radius 1 is 1.12 bits per heavy atom. The summed E-state index contributed by atoms with van der Waals surface area (Å²) in [6, 6.07) is 11.5. The fourth-order valence-corrected chi connectivity index (χ4v) is 1.78. The molecule has 0 aliphatic heterocycles. The van der Waals surface area contributed by atoms with Crippen LogP contribution in [-0.2, 0) is 0 Å². The van der Waals surface area contributed by atoms with Crippen LogP contribution >= 0.6 is 15.9 Å². The van der Waals surface area contributed by atoms with Gasteiger partial charge in [-0.1, -0.05) is 21.1 Å². The Bertz CT molecular complexity index is 614. The molecule has 5 heteroatoms. The number of H-pyrrole nitrogens is 1. The highest BCUT2D eigenvalue weighted by molar-refractivity contribution is 9.10. The summed E-state index contributed by atoms with van der Waals surface area (Å²) in [5.41, 5.74) is 1.75. The van der Waals surface area contributed by atoms with Gasteiger partial charge in [0.15, 0.2) is 0 Å². The third-order valence-corrected chi connectivity index (χ3v) is 2.89. The smallest absolute Gasteiger partial charge is 0.274 e. The molecule has 3 aromatic rings. The minimum Gasteiger partial charge on any atom is -0.357 e. The summed E-state index contributed by atoms with van der Waals surface area (Å²) < 4.78 is 6.21. The number of aromatic nitrogens is 3. The number of rotatable bonds is 2. The van der Waals surface area contributed by atoms with E-state index in [1.54, 1.807) is 0 Å². The van der Waals surface area contributed by atoms with E-state index in [-0.39, 0.29) is 0 Å². The van der Waals surface area contributed by atoms with Crippen molar-refractivity contribution in [1.82, 2.24) is 15.1 Å². The summed E-state index contributed by atoms with van der Waals surface area (Å²) in [5, 5.41) is 3.95. The molecule has 2 aromatic heterocycles. The van der Waals surface area contributed by atoms with Gasteiger partial charge in [-0.3, -0.25) is 0 Å². The maximum atomic E-state index is 5.19. The fourth-order valence-electron chi connectivity index (χ4n) is 1.51. The highest BCUT2D eigenvalue weighted by Crippen LogP contribution is 2.22. The van der Waals surface area contributed by atoms with Crippen LogP contribution in [0.1, 0.15) is 0 Å². The molecule has 0 aliphatic rings. The number of hydrogen-bond acceptors (Lipinski definition) is 3. The van der Waals surface area contributed by atoms with Crippen LogP contribution in [0, 0.1) is 0 Å². The van der Waals surface area contributed by atoms with Gasteiger partial charge in [0.25, 0.3) is 5.89 Å². The molecule has 0 amide bonds. The molecule has 0 spiro atoms. The van der Waals surface area contributed by atoms with Gasteiger partial charge in [-0.05, 0) is 36.4 Å². The Morgan fingerprint density at radius 3 is 2.65 bits per heavy atom. The molecule has 1 aromatic carbocycles. The first-order valence-electron chi connectivity index (χ1n) is 5.06. The molecule has 0 saturated carbocycles. The molecule has 0 aliphatic carbocycles. The quantitative estimate of drug-likeness (QED) is 0.786. The van der Waals surface area contributed by atoms with E-state index in [0.717, 1.165) is 15.7 Å². The zero-order chi connectivity index (χ0) is 11.7. The minimum atomic E-state index is 0.493. The second-order valence-electron chi connectivity index (χ2n) is 3.51. The van der Waals surface area contributed by atoms with Crippen molar-refractivity contribution >= 4 is 15.9 Å². The lowest BCUT2D eigenvalue weighted by molar-refractivity contribution is 0.431. The van der Waals surface area contributed by atoms with Gasteiger partial charge in [-0.15, -0.1) is 0 Å². The SMILES string of the molecule is Brc1ccc(-c2noc(-c3ccc[nH]3)n2)cc1. The van der Waals surface area contributed by atoms with E-state index in [9.17, 15) is 0 Å². The number of nitrogens with zero attached hydrogens (tertiary/aromatic N) is 2. The molecule has 1 N–H and O–H groups in total. The standard InChI is InChI=1S/C12H8BrN3O/c13-9-5-3-8(4-6-9)11-15-12(17-16-11)10-2-1-7-14-10/h1-7,14H. The Kier molecular flexibility index (Phi) is 2.53. The molecule has 4 nitrogen and oxygen atoms in total. The highest BCUT2D eigenvalue weighted by atomic mass is 79.9. The number of aromatic amines is 1. The molecule has 0 saturated heterocycles. The summed E-state index contributed by atoms with van der Waals surface area (Å²) in [4.78, 5) is 7.35. The first-order valence-corrected chi connectivity index (χ1v) is 5.85. The first-order chi connectivity index (χ1) is 8.33. The number of halogens is 1. The van der Waals surface area contributed by atoms with Gasteiger partial charge in [-0.25, -0.2) is 0 Å². The van der Waals surface area contributed by atoms with E-state index < -0.39 is 0 Å². The fraction of sp³-hybridized carbons (Fsp3) is 0.